The molecule has 0 unspecified atom stereocenters. The predicted molar refractivity (Wildman–Crippen MR) is 126 cm³/mol. The van der Waals surface area contributed by atoms with Crippen molar-refractivity contribution in [1.29, 1.82) is 0 Å². The van der Waals surface area contributed by atoms with E-state index in [1.54, 1.807) is 45.8 Å². The quantitative estimate of drug-likeness (QED) is 0.244. The van der Waals surface area contributed by atoms with E-state index in [0.717, 1.165) is 17.0 Å². The van der Waals surface area contributed by atoms with Gasteiger partial charge in [0.25, 0.3) is 0 Å². The van der Waals surface area contributed by atoms with Gasteiger partial charge in [0, 0.05) is 17.7 Å². The molecule has 0 aliphatic heterocycles. The topological polar surface area (TPSA) is 58.5 Å². The van der Waals surface area contributed by atoms with Crippen LogP contribution in [-0.4, -0.2) is 27.2 Å². The van der Waals surface area contributed by atoms with E-state index < -0.39 is 0 Å². The minimum Gasteiger partial charge on any atom is -0.496 e. The molecule has 0 saturated carbocycles. The number of aryl methyl sites for hydroxylation is 1. The average molecular weight is 434 g/mol. The third-order valence-electron chi connectivity index (χ3n) is 4.65. The third kappa shape index (κ3) is 5.82. The number of benzene rings is 3. The number of aliphatic imine (C=N–C) groups is 1. The second kappa shape index (κ2) is 10.9. The maximum Gasteiger partial charge on any atom is 0.225 e. The Bertz CT molecular complexity index is 1110. The van der Waals surface area contributed by atoms with Crippen molar-refractivity contribution in [1.82, 2.24) is 0 Å². The SMILES string of the molecule is COc1cc(OC(=Nc2ccccc2)C(C)=COc2ccc(OC)c(OC)c2)ccc1C. The number of methoxy groups -OCH3 is 3. The Morgan fingerprint density at radius 1 is 0.750 bits per heavy atom. The van der Waals surface area contributed by atoms with Crippen LogP contribution in [-0.2, 0) is 0 Å². The second-order valence-electron chi connectivity index (χ2n) is 6.92. The molecular formula is C26H27NO5. The number of para-hydroxylation sites is 1. The minimum absolute atomic E-state index is 0.405. The van der Waals surface area contributed by atoms with Gasteiger partial charge in [-0.25, -0.2) is 4.99 Å². The van der Waals surface area contributed by atoms with Crippen LogP contribution in [0.3, 0.4) is 0 Å². The van der Waals surface area contributed by atoms with E-state index in [4.69, 9.17) is 23.7 Å². The van der Waals surface area contributed by atoms with Gasteiger partial charge in [-0.3, -0.25) is 0 Å². The summed E-state index contributed by atoms with van der Waals surface area (Å²) in [6, 6.07) is 20.6. The van der Waals surface area contributed by atoms with E-state index in [9.17, 15) is 0 Å². The highest BCUT2D eigenvalue weighted by Crippen LogP contribution is 2.31. The van der Waals surface area contributed by atoms with Gasteiger partial charge in [0.1, 0.15) is 17.2 Å². The van der Waals surface area contributed by atoms with E-state index in [1.807, 2.05) is 62.4 Å². The molecule has 0 aromatic heterocycles. The fourth-order valence-electron chi connectivity index (χ4n) is 2.88. The van der Waals surface area contributed by atoms with Crippen LogP contribution in [0.4, 0.5) is 5.69 Å². The molecule has 0 heterocycles. The highest BCUT2D eigenvalue weighted by Gasteiger charge is 2.11. The molecule has 32 heavy (non-hydrogen) atoms. The van der Waals surface area contributed by atoms with Crippen LogP contribution in [0.5, 0.6) is 28.7 Å². The van der Waals surface area contributed by atoms with E-state index in [1.165, 1.54) is 0 Å². The molecule has 0 bridgehead atoms. The number of ether oxygens (including phenoxy) is 5. The standard InChI is InChI=1S/C26H27NO5/c1-18-11-12-22(16-24(18)29-4)32-26(27-20-9-7-6-8-10-20)19(2)17-31-21-13-14-23(28-3)25(15-21)30-5/h6-17H,1-5H3. The van der Waals surface area contributed by atoms with Crippen LogP contribution in [0.25, 0.3) is 0 Å². The number of rotatable bonds is 8. The lowest BCUT2D eigenvalue weighted by molar-refractivity contribution is 0.352. The number of nitrogens with zero attached hydrogens (tertiary/aromatic N) is 1. The number of hydrogen-bond acceptors (Lipinski definition) is 6. The van der Waals surface area contributed by atoms with E-state index in [2.05, 4.69) is 4.99 Å². The van der Waals surface area contributed by atoms with Crippen molar-refractivity contribution >= 4 is 11.6 Å². The maximum absolute atomic E-state index is 6.12. The summed E-state index contributed by atoms with van der Waals surface area (Å²) >= 11 is 0. The van der Waals surface area contributed by atoms with Gasteiger partial charge in [-0.15, -0.1) is 0 Å². The molecule has 6 heteroatoms. The van der Waals surface area contributed by atoms with Crippen molar-refractivity contribution < 1.29 is 23.7 Å². The summed E-state index contributed by atoms with van der Waals surface area (Å²) in [6.07, 6.45) is 1.59. The van der Waals surface area contributed by atoms with Crippen molar-refractivity contribution in [3.05, 3.63) is 84.1 Å². The Morgan fingerprint density at radius 3 is 2.09 bits per heavy atom. The highest BCUT2D eigenvalue weighted by atomic mass is 16.5. The maximum atomic E-state index is 6.12. The van der Waals surface area contributed by atoms with E-state index in [0.29, 0.717) is 34.5 Å². The third-order valence-corrected chi connectivity index (χ3v) is 4.65. The summed E-state index contributed by atoms with van der Waals surface area (Å²) in [5.41, 5.74) is 2.48. The summed E-state index contributed by atoms with van der Waals surface area (Å²) in [4.78, 5) is 4.67. The molecule has 166 valence electrons. The minimum atomic E-state index is 0.405. The van der Waals surface area contributed by atoms with Gasteiger partial charge in [-0.05, 0) is 49.7 Å². The zero-order valence-electron chi connectivity index (χ0n) is 18.9. The molecule has 0 aliphatic carbocycles. The van der Waals surface area contributed by atoms with E-state index in [-0.39, 0.29) is 0 Å². The van der Waals surface area contributed by atoms with Crippen LogP contribution in [0.1, 0.15) is 12.5 Å². The molecule has 0 radical (unpaired) electrons. The zero-order chi connectivity index (χ0) is 22.9. The summed E-state index contributed by atoms with van der Waals surface area (Å²) in [7, 11) is 4.80. The molecule has 3 aromatic carbocycles. The van der Waals surface area contributed by atoms with Gasteiger partial charge < -0.3 is 23.7 Å². The highest BCUT2D eigenvalue weighted by molar-refractivity contribution is 5.96. The lowest BCUT2D eigenvalue weighted by Gasteiger charge is -2.13. The molecule has 0 spiro atoms. The fraction of sp³-hybridized carbons (Fsp3) is 0.192. The lowest BCUT2D eigenvalue weighted by atomic mass is 10.2. The summed E-state index contributed by atoms with van der Waals surface area (Å²) in [5, 5.41) is 0. The Labute approximate surface area is 188 Å². The molecule has 3 rings (SSSR count). The van der Waals surface area contributed by atoms with Crippen molar-refractivity contribution in [2.24, 2.45) is 4.99 Å². The largest absolute Gasteiger partial charge is 0.496 e. The summed E-state index contributed by atoms with van der Waals surface area (Å²) in [5.74, 6) is 3.56. The Balaban J connectivity index is 1.90. The average Bonchev–Trinajstić information content (AvgIpc) is 2.83. The normalized spacial score (nSPS) is 11.7. The first-order valence-electron chi connectivity index (χ1n) is 10.1. The summed E-state index contributed by atoms with van der Waals surface area (Å²) in [6.45, 7) is 3.84. The van der Waals surface area contributed by atoms with Crippen LogP contribution in [0.2, 0.25) is 0 Å². The first-order valence-corrected chi connectivity index (χ1v) is 10.1. The van der Waals surface area contributed by atoms with Crippen LogP contribution in [0.15, 0.2) is 83.6 Å². The first-order chi connectivity index (χ1) is 15.5. The van der Waals surface area contributed by atoms with Gasteiger partial charge in [0.2, 0.25) is 5.90 Å². The van der Waals surface area contributed by atoms with Gasteiger partial charge in [-0.2, -0.15) is 0 Å². The smallest absolute Gasteiger partial charge is 0.225 e. The molecule has 0 aliphatic rings. The Kier molecular flexibility index (Phi) is 7.75. The molecule has 0 amide bonds. The van der Waals surface area contributed by atoms with Crippen LogP contribution in [0, 0.1) is 6.92 Å². The number of hydrogen-bond donors (Lipinski definition) is 0. The van der Waals surface area contributed by atoms with Crippen molar-refractivity contribution in [2.45, 2.75) is 13.8 Å². The second-order valence-corrected chi connectivity index (χ2v) is 6.92. The molecule has 0 atom stereocenters. The predicted octanol–water partition coefficient (Wildman–Crippen LogP) is 6.11. The molecule has 6 nitrogen and oxygen atoms in total. The molecule has 0 fully saturated rings. The Morgan fingerprint density at radius 2 is 1.41 bits per heavy atom. The molecule has 3 aromatic rings. The fourth-order valence-corrected chi connectivity index (χ4v) is 2.88. The van der Waals surface area contributed by atoms with Crippen molar-refractivity contribution in [3.63, 3.8) is 0 Å². The first kappa shape index (κ1) is 22.7. The van der Waals surface area contributed by atoms with Gasteiger partial charge >= 0.3 is 0 Å². The van der Waals surface area contributed by atoms with Gasteiger partial charge in [0.15, 0.2) is 11.5 Å². The summed E-state index contributed by atoms with van der Waals surface area (Å²) < 4.78 is 28.0. The van der Waals surface area contributed by atoms with E-state index >= 15 is 0 Å². The molecule has 0 saturated heterocycles. The lowest BCUT2D eigenvalue weighted by Crippen LogP contribution is -2.11. The van der Waals surface area contributed by atoms with Crippen LogP contribution < -0.4 is 23.7 Å². The monoisotopic (exact) mass is 433 g/mol. The van der Waals surface area contributed by atoms with Crippen molar-refractivity contribution in [2.75, 3.05) is 21.3 Å². The van der Waals surface area contributed by atoms with Crippen LogP contribution >= 0.6 is 0 Å². The molecular weight excluding hydrogens is 406 g/mol. The van der Waals surface area contributed by atoms with Gasteiger partial charge in [0.05, 0.1) is 33.3 Å². The molecule has 0 N–H and O–H groups in total. The zero-order valence-corrected chi connectivity index (χ0v) is 18.9. The van der Waals surface area contributed by atoms with Crippen molar-refractivity contribution in [3.8, 4) is 28.7 Å². The Hall–Kier alpha value is -3.93. The van der Waals surface area contributed by atoms with Gasteiger partial charge in [-0.1, -0.05) is 24.3 Å².